The second-order valence-corrected chi connectivity index (χ2v) is 6.66. The van der Waals surface area contributed by atoms with Gasteiger partial charge in [0.1, 0.15) is 0 Å². The van der Waals surface area contributed by atoms with Gasteiger partial charge in [0.25, 0.3) is 0 Å². The van der Waals surface area contributed by atoms with Crippen molar-refractivity contribution >= 4 is 6.03 Å². The maximum atomic E-state index is 12.1. The van der Waals surface area contributed by atoms with Crippen LogP contribution in [0.15, 0.2) is 0 Å². The van der Waals surface area contributed by atoms with Crippen molar-refractivity contribution in [3.8, 4) is 0 Å². The number of carbonyl (C=O) groups is 1. The van der Waals surface area contributed by atoms with Gasteiger partial charge in [-0.25, -0.2) is 4.79 Å². The summed E-state index contributed by atoms with van der Waals surface area (Å²) in [6.45, 7) is 7.83. The Hall–Kier alpha value is -0.810. The number of ether oxygens (including phenoxy) is 1. The maximum Gasteiger partial charge on any atom is 0.315 e. The largest absolute Gasteiger partial charge is 0.396 e. The zero-order valence-corrected chi connectivity index (χ0v) is 13.6. The summed E-state index contributed by atoms with van der Waals surface area (Å²) < 4.78 is 5.82. The lowest BCUT2D eigenvalue weighted by atomic mass is 9.58. The molecule has 0 aromatic rings. The average Bonchev–Trinajstić information content (AvgIpc) is 3.26. The van der Waals surface area contributed by atoms with E-state index in [2.05, 4.69) is 24.5 Å². The van der Waals surface area contributed by atoms with Crippen LogP contribution in [-0.4, -0.2) is 43.0 Å². The number of amides is 2. The van der Waals surface area contributed by atoms with E-state index in [1.807, 2.05) is 6.92 Å². The van der Waals surface area contributed by atoms with Crippen LogP contribution in [0.25, 0.3) is 0 Å². The van der Waals surface area contributed by atoms with Gasteiger partial charge in [0.15, 0.2) is 0 Å². The molecular formula is C16H30N2O3. The molecule has 2 aliphatic rings. The molecule has 5 nitrogen and oxygen atoms in total. The van der Waals surface area contributed by atoms with Crippen LogP contribution in [0.5, 0.6) is 0 Å². The van der Waals surface area contributed by atoms with Gasteiger partial charge in [-0.1, -0.05) is 13.8 Å². The summed E-state index contributed by atoms with van der Waals surface area (Å²) in [5, 5.41) is 15.3. The summed E-state index contributed by atoms with van der Waals surface area (Å²) in [5.41, 5.74) is 0.0268. The quantitative estimate of drug-likeness (QED) is 0.642. The van der Waals surface area contributed by atoms with Crippen LogP contribution in [0.3, 0.4) is 0 Å². The molecule has 0 radical (unpaired) electrons. The first kappa shape index (κ1) is 16.6. The predicted molar refractivity (Wildman–Crippen MR) is 82.1 cm³/mol. The standard InChI is InChI=1S/C16H30N2O3/c1-4-16(5-2)12(9-13(16)21-6-3)18-14(20)17-10-15(11-19)7-8-15/h12-13,19H,4-11H2,1-3H3,(H2,17,18,20). The number of aliphatic hydroxyl groups is 1. The number of aliphatic hydroxyl groups excluding tert-OH is 1. The van der Waals surface area contributed by atoms with E-state index in [4.69, 9.17) is 4.74 Å². The van der Waals surface area contributed by atoms with Crippen molar-refractivity contribution in [1.29, 1.82) is 0 Å². The summed E-state index contributed by atoms with van der Waals surface area (Å²) in [4.78, 5) is 12.1. The van der Waals surface area contributed by atoms with E-state index >= 15 is 0 Å². The Bertz CT molecular complexity index is 365. The second kappa shape index (κ2) is 6.53. The first-order valence-electron chi connectivity index (χ1n) is 8.32. The summed E-state index contributed by atoms with van der Waals surface area (Å²) >= 11 is 0. The van der Waals surface area contributed by atoms with Crippen molar-refractivity contribution in [2.24, 2.45) is 10.8 Å². The number of carbonyl (C=O) groups excluding carboxylic acids is 1. The van der Waals surface area contributed by atoms with E-state index in [1.54, 1.807) is 0 Å². The SMILES string of the molecule is CCOC1CC(NC(=O)NCC2(CO)CC2)C1(CC)CC. The third-order valence-electron chi connectivity index (χ3n) is 5.69. The molecule has 2 amide bonds. The van der Waals surface area contributed by atoms with Crippen molar-refractivity contribution in [3.63, 3.8) is 0 Å². The van der Waals surface area contributed by atoms with Gasteiger partial charge in [-0.05, 0) is 39.0 Å². The Labute approximate surface area is 127 Å². The van der Waals surface area contributed by atoms with Gasteiger partial charge in [-0.2, -0.15) is 0 Å². The van der Waals surface area contributed by atoms with Crippen LogP contribution in [0.4, 0.5) is 4.79 Å². The highest BCUT2D eigenvalue weighted by molar-refractivity contribution is 5.74. The van der Waals surface area contributed by atoms with Crippen LogP contribution < -0.4 is 10.6 Å². The summed E-state index contributed by atoms with van der Waals surface area (Å²) in [5.74, 6) is 0. The van der Waals surface area contributed by atoms with Gasteiger partial charge in [0, 0.05) is 30.0 Å². The van der Waals surface area contributed by atoms with Crippen molar-refractivity contribution < 1.29 is 14.6 Å². The molecule has 122 valence electrons. The second-order valence-electron chi connectivity index (χ2n) is 6.66. The lowest BCUT2D eigenvalue weighted by Crippen LogP contribution is -2.65. The minimum absolute atomic E-state index is 0.0442. The number of hydrogen-bond acceptors (Lipinski definition) is 3. The Balaban J connectivity index is 1.83. The van der Waals surface area contributed by atoms with E-state index in [-0.39, 0.29) is 35.6 Å². The molecule has 2 fully saturated rings. The van der Waals surface area contributed by atoms with Crippen molar-refractivity contribution in [2.45, 2.75) is 65.0 Å². The molecule has 0 aromatic heterocycles. The van der Waals surface area contributed by atoms with Gasteiger partial charge < -0.3 is 20.5 Å². The molecule has 2 unspecified atom stereocenters. The number of urea groups is 1. The fourth-order valence-electron chi connectivity index (χ4n) is 3.63. The van der Waals surface area contributed by atoms with Gasteiger partial charge in [0.05, 0.1) is 12.7 Å². The van der Waals surface area contributed by atoms with E-state index in [0.29, 0.717) is 6.54 Å². The minimum atomic E-state index is -0.110. The van der Waals surface area contributed by atoms with Crippen LogP contribution in [0.1, 0.15) is 52.9 Å². The average molecular weight is 298 g/mol. The van der Waals surface area contributed by atoms with E-state index in [1.165, 1.54) is 0 Å². The van der Waals surface area contributed by atoms with Crippen molar-refractivity contribution in [3.05, 3.63) is 0 Å². The van der Waals surface area contributed by atoms with Crippen molar-refractivity contribution in [2.75, 3.05) is 19.8 Å². The Morgan fingerprint density at radius 2 is 1.95 bits per heavy atom. The summed E-state index contributed by atoms with van der Waals surface area (Å²) in [6, 6.07) is 0.0780. The van der Waals surface area contributed by atoms with Crippen LogP contribution in [0.2, 0.25) is 0 Å². The molecule has 0 bridgehead atoms. The molecule has 0 aliphatic heterocycles. The maximum absolute atomic E-state index is 12.1. The van der Waals surface area contributed by atoms with E-state index in [0.717, 1.165) is 38.7 Å². The highest BCUT2D eigenvalue weighted by atomic mass is 16.5. The lowest BCUT2D eigenvalue weighted by Gasteiger charge is -2.55. The third kappa shape index (κ3) is 3.19. The fraction of sp³-hybridized carbons (Fsp3) is 0.938. The number of nitrogens with one attached hydrogen (secondary N) is 2. The molecule has 0 saturated heterocycles. The molecule has 2 aliphatic carbocycles. The van der Waals surface area contributed by atoms with Crippen LogP contribution >= 0.6 is 0 Å². The van der Waals surface area contributed by atoms with Gasteiger partial charge in [0.2, 0.25) is 0 Å². The number of rotatable bonds is 8. The molecule has 21 heavy (non-hydrogen) atoms. The van der Waals surface area contributed by atoms with E-state index < -0.39 is 0 Å². The minimum Gasteiger partial charge on any atom is -0.396 e. The Morgan fingerprint density at radius 1 is 1.29 bits per heavy atom. The van der Waals surface area contributed by atoms with Gasteiger partial charge in [-0.15, -0.1) is 0 Å². The zero-order valence-electron chi connectivity index (χ0n) is 13.6. The lowest BCUT2D eigenvalue weighted by molar-refractivity contribution is -0.134. The molecule has 0 heterocycles. The number of hydrogen-bond donors (Lipinski definition) is 3. The summed E-state index contributed by atoms with van der Waals surface area (Å²) in [6.07, 6.45) is 5.20. The Kier molecular flexibility index (Phi) is 5.15. The molecule has 5 heteroatoms. The molecule has 2 saturated carbocycles. The van der Waals surface area contributed by atoms with Gasteiger partial charge in [-0.3, -0.25) is 0 Å². The van der Waals surface area contributed by atoms with Crippen LogP contribution in [0, 0.1) is 10.8 Å². The van der Waals surface area contributed by atoms with Crippen molar-refractivity contribution in [1.82, 2.24) is 10.6 Å². The molecule has 3 N–H and O–H groups in total. The monoisotopic (exact) mass is 298 g/mol. The van der Waals surface area contributed by atoms with E-state index in [9.17, 15) is 9.90 Å². The smallest absolute Gasteiger partial charge is 0.315 e. The van der Waals surface area contributed by atoms with Gasteiger partial charge >= 0.3 is 6.03 Å². The highest BCUT2D eigenvalue weighted by Gasteiger charge is 2.54. The first-order chi connectivity index (χ1) is 10.1. The molecule has 0 spiro atoms. The first-order valence-corrected chi connectivity index (χ1v) is 8.32. The normalized spacial score (nSPS) is 28.6. The Morgan fingerprint density at radius 3 is 2.43 bits per heavy atom. The molecule has 2 rings (SSSR count). The third-order valence-corrected chi connectivity index (χ3v) is 5.69. The summed E-state index contributed by atoms with van der Waals surface area (Å²) in [7, 11) is 0. The highest BCUT2D eigenvalue weighted by Crippen LogP contribution is 2.49. The molecule has 0 aromatic carbocycles. The topological polar surface area (TPSA) is 70.6 Å². The fourth-order valence-corrected chi connectivity index (χ4v) is 3.63. The zero-order chi connectivity index (χ0) is 15.5. The van der Waals surface area contributed by atoms with Crippen LogP contribution in [-0.2, 0) is 4.74 Å². The predicted octanol–water partition coefficient (Wildman–Crippen LogP) is 2.04. The molecular weight excluding hydrogens is 268 g/mol. The molecule has 2 atom stereocenters.